The molecule has 4 rings (SSSR count). The van der Waals surface area contributed by atoms with Crippen LogP contribution in [0.3, 0.4) is 0 Å². The van der Waals surface area contributed by atoms with Crippen molar-refractivity contribution >= 4 is 50.6 Å². The van der Waals surface area contributed by atoms with Crippen LogP contribution in [-0.4, -0.2) is 43.3 Å². The maximum absolute atomic E-state index is 13.0. The van der Waals surface area contributed by atoms with Crippen LogP contribution in [0.1, 0.15) is 36.6 Å². The Morgan fingerprint density at radius 1 is 1.24 bits per heavy atom. The lowest BCUT2D eigenvalue weighted by atomic mass is 9.94. The minimum Gasteiger partial charge on any atom is -0.463 e. The van der Waals surface area contributed by atoms with Crippen LogP contribution in [0.15, 0.2) is 68.1 Å². The van der Waals surface area contributed by atoms with Crippen molar-refractivity contribution in [2.75, 3.05) is 32.1 Å². The molecule has 2 aliphatic heterocycles. The highest BCUT2D eigenvalue weighted by Gasteiger charge is 2.40. The lowest BCUT2D eigenvalue weighted by molar-refractivity contribution is -0.139. The predicted octanol–water partition coefficient (Wildman–Crippen LogP) is 6.16. The number of thioether (sulfide) groups is 1. The van der Waals surface area contributed by atoms with Gasteiger partial charge in [-0.05, 0) is 61.7 Å². The molecule has 0 spiro atoms. The third kappa shape index (κ3) is 4.89. The molecule has 2 aliphatic rings. The first-order valence-corrected chi connectivity index (χ1v) is 12.5. The molecular formula is C26H28BrN3O2S. The number of benzene rings is 2. The molecule has 0 aliphatic carbocycles. The van der Waals surface area contributed by atoms with Crippen molar-refractivity contribution in [2.45, 2.75) is 26.8 Å². The summed E-state index contributed by atoms with van der Waals surface area (Å²) in [4.78, 5) is 23.3. The van der Waals surface area contributed by atoms with Gasteiger partial charge in [0.1, 0.15) is 0 Å². The number of nitrogens with zero attached hydrogens (tertiary/aromatic N) is 3. The van der Waals surface area contributed by atoms with Crippen molar-refractivity contribution in [1.82, 2.24) is 4.90 Å². The third-order valence-corrected chi connectivity index (χ3v) is 7.65. The molecule has 0 bridgehead atoms. The summed E-state index contributed by atoms with van der Waals surface area (Å²) < 4.78 is 6.53. The number of esters is 1. The summed E-state index contributed by atoms with van der Waals surface area (Å²) in [5, 5.41) is 0.916. The summed E-state index contributed by atoms with van der Waals surface area (Å²) >= 11 is 5.29. The molecule has 5 nitrogen and oxygen atoms in total. The number of ether oxygens (including phenoxy) is 1. The molecule has 1 unspecified atom stereocenters. The minimum absolute atomic E-state index is 0.240. The molecule has 1 fully saturated rings. The van der Waals surface area contributed by atoms with E-state index in [4.69, 9.17) is 9.73 Å². The van der Waals surface area contributed by atoms with Gasteiger partial charge in [-0.3, -0.25) is 0 Å². The monoisotopic (exact) mass is 525 g/mol. The first kappa shape index (κ1) is 23.6. The van der Waals surface area contributed by atoms with Gasteiger partial charge >= 0.3 is 5.97 Å². The van der Waals surface area contributed by atoms with Crippen LogP contribution in [0.25, 0.3) is 6.08 Å². The molecule has 172 valence electrons. The van der Waals surface area contributed by atoms with Crippen molar-refractivity contribution in [3.63, 3.8) is 0 Å². The number of hydrogen-bond donors (Lipinski definition) is 0. The van der Waals surface area contributed by atoms with Crippen molar-refractivity contribution in [2.24, 2.45) is 4.99 Å². The highest BCUT2D eigenvalue weighted by atomic mass is 79.9. The summed E-state index contributed by atoms with van der Waals surface area (Å²) in [5.41, 5.74) is 5.83. The van der Waals surface area contributed by atoms with Gasteiger partial charge in [-0.25, -0.2) is 9.79 Å². The summed E-state index contributed by atoms with van der Waals surface area (Å²) in [6.07, 6.45) is 2.20. The van der Waals surface area contributed by atoms with Crippen LogP contribution < -0.4 is 4.90 Å². The maximum Gasteiger partial charge on any atom is 0.338 e. The third-order valence-electron chi connectivity index (χ3n) is 5.78. The smallest absolute Gasteiger partial charge is 0.338 e. The molecule has 2 aromatic carbocycles. The Morgan fingerprint density at radius 3 is 2.61 bits per heavy atom. The van der Waals surface area contributed by atoms with Gasteiger partial charge in [0.15, 0.2) is 5.17 Å². The van der Waals surface area contributed by atoms with Crippen LogP contribution in [0.2, 0.25) is 0 Å². The Labute approximate surface area is 208 Å². The molecule has 1 saturated heterocycles. The number of aryl methyl sites for hydroxylation is 1. The van der Waals surface area contributed by atoms with Gasteiger partial charge in [-0.1, -0.05) is 52.0 Å². The molecular weight excluding hydrogens is 498 g/mol. The molecule has 33 heavy (non-hydrogen) atoms. The normalized spacial score (nSPS) is 19.0. The second kappa shape index (κ2) is 9.77. The van der Waals surface area contributed by atoms with Crippen molar-refractivity contribution in [3.8, 4) is 0 Å². The number of allylic oxidation sites excluding steroid dienone is 1. The van der Waals surface area contributed by atoms with Gasteiger partial charge in [0, 0.05) is 29.2 Å². The van der Waals surface area contributed by atoms with Crippen molar-refractivity contribution in [1.29, 1.82) is 0 Å². The standard InChI is InChI=1S/C26H28BrN3O2S/c1-6-32-25(31)23-17(3)28-26-30(24(23)19-9-11-20(12-10-19)29(4)5)15-21(33-26)13-18-8-7-16(2)22(27)14-18/h7-14,24H,6,15H2,1-5H3/b21-13-. The van der Waals surface area contributed by atoms with Gasteiger partial charge in [0.05, 0.1) is 30.5 Å². The number of carbonyl (C=O) groups is 1. The number of anilines is 1. The van der Waals surface area contributed by atoms with Gasteiger partial charge in [-0.15, -0.1) is 0 Å². The van der Waals surface area contributed by atoms with Gasteiger partial charge < -0.3 is 14.5 Å². The minimum atomic E-state index is -0.301. The lowest BCUT2D eigenvalue weighted by Crippen LogP contribution is -2.36. The first-order chi connectivity index (χ1) is 15.8. The number of rotatable bonds is 5. The average molecular weight is 527 g/mol. The van der Waals surface area contributed by atoms with E-state index in [9.17, 15) is 4.79 Å². The van der Waals surface area contributed by atoms with Gasteiger partial charge in [0.25, 0.3) is 0 Å². The van der Waals surface area contributed by atoms with Crippen molar-refractivity contribution < 1.29 is 9.53 Å². The molecule has 0 radical (unpaired) electrons. The number of amidine groups is 1. The van der Waals surface area contributed by atoms with Crippen LogP contribution in [-0.2, 0) is 9.53 Å². The molecule has 0 N–H and O–H groups in total. The van der Waals surface area contributed by atoms with Crippen molar-refractivity contribution in [3.05, 3.63) is 79.8 Å². The van der Waals surface area contributed by atoms with Crippen LogP contribution in [0, 0.1) is 6.92 Å². The first-order valence-electron chi connectivity index (χ1n) is 10.9. The van der Waals surface area contributed by atoms with E-state index in [0.29, 0.717) is 24.4 Å². The fourth-order valence-electron chi connectivity index (χ4n) is 4.02. The number of aliphatic imine (C=N–C) groups is 1. The Balaban J connectivity index is 1.72. The quantitative estimate of drug-likeness (QED) is 0.437. The molecule has 0 amide bonds. The predicted molar refractivity (Wildman–Crippen MR) is 141 cm³/mol. The zero-order valence-corrected chi connectivity index (χ0v) is 22.0. The summed E-state index contributed by atoms with van der Waals surface area (Å²) in [6.45, 7) is 6.83. The van der Waals surface area contributed by atoms with E-state index in [-0.39, 0.29) is 12.0 Å². The van der Waals surface area contributed by atoms with E-state index < -0.39 is 0 Å². The second-order valence-corrected chi connectivity index (χ2v) is 10.3. The molecule has 1 atom stereocenters. The van der Waals surface area contributed by atoms with Crippen LogP contribution in [0.5, 0.6) is 0 Å². The number of fused-ring (bicyclic) bond motifs is 1. The Kier molecular flexibility index (Phi) is 7.00. The number of hydrogen-bond acceptors (Lipinski definition) is 6. The summed E-state index contributed by atoms with van der Waals surface area (Å²) in [5.74, 6) is -0.301. The molecule has 7 heteroatoms. The van der Waals surface area contributed by atoms with E-state index in [1.165, 1.54) is 10.5 Å². The largest absolute Gasteiger partial charge is 0.463 e. The highest BCUT2D eigenvalue weighted by Crippen LogP contribution is 2.44. The maximum atomic E-state index is 13.0. The topological polar surface area (TPSA) is 45.1 Å². The average Bonchev–Trinajstić information content (AvgIpc) is 3.17. The zero-order valence-electron chi connectivity index (χ0n) is 19.6. The summed E-state index contributed by atoms with van der Waals surface area (Å²) in [6, 6.07) is 14.5. The fourth-order valence-corrected chi connectivity index (χ4v) is 5.52. The highest BCUT2D eigenvalue weighted by molar-refractivity contribution is 9.10. The van der Waals surface area contributed by atoms with E-state index in [2.05, 4.69) is 81.2 Å². The molecule has 2 aromatic rings. The molecule has 0 aromatic heterocycles. The molecule has 0 saturated carbocycles. The second-order valence-electron chi connectivity index (χ2n) is 8.35. The van der Waals surface area contributed by atoms with E-state index >= 15 is 0 Å². The van der Waals surface area contributed by atoms with Gasteiger partial charge in [0.2, 0.25) is 0 Å². The Hall–Kier alpha value is -2.51. The number of carbonyl (C=O) groups excluding carboxylic acids is 1. The molecule has 2 heterocycles. The fraction of sp³-hybridized carbons (Fsp3) is 0.308. The summed E-state index contributed by atoms with van der Waals surface area (Å²) in [7, 11) is 4.04. The van der Waals surface area contributed by atoms with E-state index in [1.807, 2.05) is 27.9 Å². The van der Waals surface area contributed by atoms with Crippen LogP contribution >= 0.6 is 27.7 Å². The SMILES string of the molecule is CCOC(=O)C1=C(C)N=C2S/C(=C\c3ccc(C)c(Br)c3)CN2C1c1ccc(N(C)C)cc1. The zero-order chi connectivity index (χ0) is 23.7. The van der Waals surface area contributed by atoms with E-state index in [1.54, 1.807) is 11.8 Å². The van der Waals surface area contributed by atoms with E-state index in [0.717, 1.165) is 26.5 Å². The van der Waals surface area contributed by atoms with Gasteiger partial charge in [-0.2, -0.15) is 0 Å². The van der Waals surface area contributed by atoms with Crippen LogP contribution in [0.4, 0.5) is 5.69 Å². The number of halogens is 1. The lowest BCUT2D eigenvalue weighted by Gasteiger charge is -2.34. The Bertz CT molecular complexity index is 1170. The Morgan fingerprint density at radius 2 is 1.97 bits per heavy atom.